The van der Waals surface area contributed by atoms with Crippen molar-refractivity contribution < 1.29 is 4.79 Å². The van der Waals surface area contributed by atoms with Gasteiger partial charge in [0.25, 0.3) is 5.91 Å². The van der Waals surface area contributed by atoms with E-state index in [4.69, 9.17) is 11.5 Å². The van der Waals surface area contributed by atoms with E-state index in [0.717, 1.165) is 5.69 Å². The second-order valence-corrected chi connectivity index (χ2v) is 2.92. The fourth-order valence-electron chi connectivity index (χ4n) is 0.992. The Balaban J connectivity index is 3.13. The molecule has 1 aromatic heterocycles. The molecule has 0 unspecified atom stereocenters. The van der Waals surface area contributed by atoms with Crippen molar-refractivity contribution in [2.45, 2.75) is 19.8 Å². The number of amides is 1. The van der Waals surface area contributed by atoms with Crippen LogP contribution in [-0.2, 0) is 0 Å². The molecule has 0 spiro atoms. The van der Waals surface area contributed by atoms with Crippen molar-refractivity contribution in [1.29, 1.82) is 0 Å². The molecule has 0 bridgehead atoms. The van der Waals surface area contributed by atoms with Gasteiger partial charge in [-0.25, -0.2) is 0 Å². The minimum absolute atomic E-state index is 0.124. The molecule has 66 valence electrons. The normalized spacial score (nSPS) is 10.6. The molecule has 1 heterocycles. The molecule has 0 aliphatic heterocycles. The Bertz CT molecular complexity index is 302. The quantitative estimate of drug-likeness (QED) is 0.588. The van der Waals surface area contributed by atoms with Gasteiger partial charge in [0.15, 0.2) is 5.69 Å². The van der Waals surface area contributed by atoms with Crippen LogP contribution in [0.25, 0.3) is 0 Å². The molecular weight excluding hydrogens is 156 g/mol. The Morgan fingerprint density at radius 2 is 2.17 bits per heavy atom. The monoisotopic (exact) mass is 168 g/mol. The molecular formula is C7H12N4O. The minimum Gasteiger partial charge on any atom is -0.395 e. The molecule has 5 N–H and O–H groups in total. The molecule has 0 aromatic carbocycles. The Labute approximate surface area is 70.1 Å². The highest BCUT2D eigenvalue weighted by Crippen LogP contribution is 2.21. The van der Waals surface area contributed by atoms with Crippen molar-refractivity contribution in [1.82, 2.24) is 10.2 Å². The summed E-state index contributed by atoms with van der Waals surface area (Å²) in [7, 11) is 0. The summed E-state index contributed by atoms with van der Waals surface area (Å²) in [4.78, 5) is 10.7. The summed E-state index contributed by atoms with van der Waals surface area (Å²) >= 11 is 0. The van der Waals surface area contributed by atoms with Crippen molar-refractivity contribution in [3.05, 3.63) is 11.4 Å². The standard InChI is InChI=1S/C7H12N4O/c1-3(2)5-4(8)6(7(9)12)11-10-5/h3H,8H2,1-2H3,(H2,9,12)(H,10,11). The number of nitrogens with zero attached hydrogens (tertiary/aromatic N) is 1. The summed E-state index contributed by atoms with van der Waals surface area (Å²) in [5.74, 6) is -0.388. The Morgan fingerprint density at radius 1 is 1.58 bits per heavy atom. The summed E-state index contributed by atoms with van der Waals surface area (Å²) in [5.41, 5.74) is 11.9. The van der Waals surface area contributed by atoms with Gasteiger partial charge in [-0.05, 0) is 5.92 Å². The molecule has 5 heteroatoms. The maximum Gasteiger partial charge on any atom is 0.271 e. The number of nitrogens with two attached hydrogens (primary N) is 2. The number of hydrogen-bond acceptors (Lipinski definition) is 3. The SMILES string of the molecule is CC(C)c1[nH]nc(C(N)=O)c1N. The molecule has 1 amide bonds. The molecule has 0 saturated heterocycles. The van der Waals surface area contributed by atoms with Gasteiger partial charge in [0.2, 0.25) is 0 Å². The molecule has 0 aliphatic rings. The van der Waals surface area contributed by atoms with E-state index >= 15 is 0 Å². The van der Waals surface area contributed by atoms with Gasteiger partial charge in [0.1, 0.15) is 0 Å². The van der Waals surface area contributed by atoms with Gasteiger partial charge < -0.3 is 11.5 Å². The van der Waals surface area contributed by atoms with E-state index in [1.807, 2.05) is 13.8 Å². The number of H-pyrrole nitrogens is 1. The van der Waals surface area contributed by atoms with E-state index in [-0.39, 0.29) is 11.6 Å². The average molecular weight is 168 g/mol. The maximum absolute atomic E-state index is 10.7. The van der Waals surface area contributed by atoms with E-state index in [1.165, 1.54) is 0 Å². The summed E-state index contributed by atoms with van der Waals surface area (Å²) in [6, 6.07) is 0. The lowest BCUT2D eigenvalue weighted by molar-refractivity contribution is 0.0996. The van der Waals surface area contributed by atoms with Gasteiger partial charge in [-0.15, -0.1) is 0 Å². The first-order valence-electron chi connectivity index (χ1n) is 3.67. The van der Waals surface area contributed by atoms with Crippen LogP contribution in [0.4, 0.5) is 5.69 Å². The summed E-state index contributed by atoms with van der Waals surface area (Å²) < 4.78 is 0. The van der Waals surface area contributed by atoms with Crippen LogP contribution < -0.4 is 11.5 Å². The first kappa shape index (κ1) is 8.58. The van der Waals surface area contributed by atoms with E-state index in [2.05, 4.69) is 10.2 Å². The van der Waals surface area contributed by atoms with Crippen molar-refractivity contribution in [2.75, 3.05) is 5.73 Å². The van der Waals surface area contributed by atoms with Crippen LogP contribution in [0.15, 0.2) is 0 Å². The number of primary amides is 1. The van der Waals surface area contributed by atoms with Gasteiger partial charge >= 0.3 is 0 Å². The van der Waals surface area contributed by atoms with Crippen molar-refractivity contribution >= 4 is 11.6 Å². The van der Waals surface area contributed by atoms with Crippen LogP contribution in [0.1, 0.15) is 35.9 Å². The second kappa shape index (κ2) is 2.84. The van der Waals surface area contributed by atoms with E-state index in [9.17, 15) is 4.79 Å². The molecule has 0 aliphatic carbocycles. The molecule has 0 radical (unpaired) electrons. The number of hydrogen-bond donors (Lipinski definition) is 3. The topological polar surface area (TPSA) is 97.8 Å². The van der Waals surface area contributed by atoms with Crippen LogP contribution in [0.3, 0.4) is 0 Å². The molecule has 0 atom stereocenters. The fraction of sp³-hybridized carbons (Fsp3) is 0.429. The lowest BCUT2D eigenvalue weighted by atomic mass is 10.1. The lowest BCUT2D eigenvalue weighted by Crippen LogP contribution is -2.13. The number of carbonyl (C=O) groups is 1. The van der Waals surface area contributed by atoms with Crippen molar-refractivity contribution in [3.63, 3.8) is 0 Å². The maximum atomic E-state index is 10.7. The third kappa shape index (κ3) is 1.25. The third-order valence-corrected chi connectivity index (χ3v) is 1.64. The van der Waals surface area contributed by atoms with Crippen molar-refractivity contribution in [3.8, 4) is 0 Å². The summed E-state index contributed by atoms with van der Waals surface area (Å²) in [6.07, 6.45) is 0. The van der Waals surface area contributed by atoms with E-state index < -0.39 is 5.91 Å². The van der Waals surface area contributed by atoms with Gasteiger partial charge in [-0.1, -0.05) is 13.8 Å². The Morgan fingerprint density at radius 3 is 2.42 bits per heavy atom. The lowest BCUT2D eigenvalue weighted by Gasteiger charge is -2.00. The van der Waals surface area contributed by atoms with Gasteiger partial charge in [-0.3, -0.25) is 9.89 Å². The van der Waals surface area contributed by atoms with Crippen molar-refractivity contribution in [2.24, 2.45) is 5.73 Å². The molecule has 0 fully saturated rings. The van der Waals surface area contributed by atoms with Gasteiger partial charge in [0, 0.05) is 0 Å². The predicted molar refractivity (Wildman–Crippen MR) is 45.6 cm³/mol. The number of carbonyl (C=O) groups excluding carboxylic acids is 1. The minimum atomic E-state index is -0.601. The largest absolute Gasteiger partial charge is 0.395 e. The molecule has 12 heavy (non-hydrogen) atoms. The third-order valence-electron chi connectivity index (χ3n) is 1.64. The van der Waals surface area contributed by atoms with Gasteiger partial charge in [-0.2, -0.15) is 5.10 Å². The first-order chi connectivity index (χ1) is 5.54. The molecule has 5 nitrogen and oxygen atoms in total. The zero-order valence-corrected chi connectivity index (χ0v) is 7.09. The predicted octanol–water partition coefficient (Wildman–Crippen LogP) is 0.214. The van der Waals surface area contributed by atoms with E-state index in [1.54, 1.807) is 0 Å². The summed E-state index contributed by atoms with van der Waals surface area (Å²) in [6.45, 7) is 3.91. The Hall–Kier alpha value is -1.52. The number of aromatic amines is 1. The Kier molecular flexibility index (Phi) is 2.03. The number of anilines is 1. The van der Waals surface area contributed by atoms with Crippen LogP contribution in [-0.4, -0.2) is 16.1 Å². The van der Waals surface area contributed by atoms with Crippen LogP contribution >= 0.6 is 0 Å². The fourth-order valence-corrected chi connectivity index (χ4v) is 0.992. The second-order valence-electron chi connectivity index (χ2n) is 2.92. The number of rotatable bonds is 2. The zero-order chi connectivity index (χ0) is 9.30. The molecule has 0 saturated carbocycles. The smallest absolute Gasteiger partial charge is 0.271 e. The summed E-state index contributed by atoms with van der Waals surface area (Å²) in [5, 5.41) is 6.39. The van der Waals surface area contributed by atoms with Crippen LogP contribution in [0, 0.1) is 0 Å². The van der Waals surface area contributed by atoms with Crippen LogP contribution in [0.2, 0.25) is 0 Å². The zero-order valence-electron chi connectivity index (χ0n) is 7.09. The highest BCUT2D eigenvalue weighted by Gasteiger charge is 2.15. The highest BCUT2D eigenvalue weighted by molar-refractivity contribution is 5.96. The number of nitrogen functional groups attached to an aromatic ring is 1. The average Bonchev–Trinajstić information content (AvgIpc) is 2.30. The molecule has 1 rings (SSSR count). The highest BCUT2D eigenvalue weighted by atomic mass is 16.1. The van der Waals surface area contributed by atoms with E-state index in [0.29, 0.717) is 5.69 Å². The molecule has 1 aromatic rings. The van der Waals surface area contributed by atoms with Crippen LogP contribution in [0.5, 0.6) is 0 Å². The number of aromatic nitrogens is 2. The number of nitrogens with one attached hydrogen (secondary N) is 1. The van der Waals surface area contributed by atoms with Gasteiger partial charge in [0.05, 0.1) is 11.4 Å². The first-order valence-corrected chi connectivity index (χ1v) is 3.67.